The first-order valence-electron chi connectivity index (χ1n) is 3.46. The molecule has 2 fully saturated rings. The van der Waals surface area contributed by atoms with Crippen molar-refractivity contribution in [2.75, 3.05) is 6.54 Å². The lowest BCUT2D eigenvalue weighted by molar-refractivity contribution is 0.216. The summed E-state index contributed by atoms with van der Waals surface area (Å²) in [7, 11) is 0. The second-order valence-corrected chi connectivity index (χ2v) is 4.30. The lowest BCUT2D eigenvalue weighted by Crippen LogP contribution is -2.56. The highest BCUT2D eigenvalue weighted by atomic mass is 127. The molecule has 3 heteroatoms. The summed E-state index contributed by atoms with van der Waals surface area (Å²) < 4.78 is 2.40. The molecule has 3 unspecified atom stereocenters. The number of hydrogen-bond acceptors (Lipinski definition) is 2. The van der Waals surface area contributed by atoms with Gasteiger partial charge in [-0.05, 0) is 13.3 Å². The van der Waals surface area contributed by atoms with E-state index in [0.717, 1.165) is 18.1 Å². The second-order valence-electron chi connectivity index (χ2n) is 3.06. The smallest absolute Gasteiger partial charge is 0.0375 e. The topological polar surface area (TPSA) is 15.3 Å². The largest absolute Gasteiger partial charge is 0.309 e. The molecule has 0 bridgehead atoms. The minimum atomic E-state index is 0.750. The van der Waals surface area contributed by atoms with Gasteiger partial charge in [0.25, 0.3) is 0 Å². The Bertz CT molecular complexity index is 128. The lowest BCUT2D eigenvalue weighted by atomic mass is 10.0. The average Bonchev–Trinajstić information content (AvgIpc) is 2.08. The monoisotopic (exact) mass is 238 g/mol. The summed E-state index contributed by atoms with van der Waals surface area (Å²) in [6.45, 7) is 3.51. The van der Waals surface area contributed by atoms with Crippen molar-refractivity contribution in [2.45, 2.75) is 31.5 Å². The van der Waals surface area contributed by atoms with Crippen molar-refractivity contribution < 1.29 is 0 Å². The van der Waals surface area contributed by atoms with E-state index in [0.29, 0.717) is 0 Å². The number of hydrogen-bond donors (Lipinski definition) is 1. The predicted octanol–water partition coefficient (Wildman–Crippen LogP) is 0.771. The molecule has 9 heavy (non-hydrogen) atoms. The van der Waals surface area contributed by atoms with Crippen LogP contribution in [0, 0.1) is 0 Å². The van der Waals surface area contributed by atoms with E-state index < -0.39 is 0 Å². The normalized spacial score (nSPS) is 50.7. The van der Waals surface area contributed by atoms with E-state index in [-0.39, 0.29) is 0 Å². The molecule has 2 rings (SSSR count). The summed E-state index contributed by atoms with van der Waals surface area (Å²) in [5.41, 5.74) is 0. The van der Waals surface area contributed by atoms with Gasteiger partial charge >= 0.3 is 0 Å². The van der Waals surface area contributed by atoms with Crippen LogP contribution in [0.25, 0.3) is 0 Å². The van der Waals surface area contributed by atoms with Crippen molar-refractivity contribution in [3.05, 3.63) is 0 Å². The molecule has 0 spiro atoms. The van der Waals surface area contributed by atoms with E-state index in [2.05, 4.69) is 38.2 Å². The molecule has 0 radical (unpaired) electrons. The Kier molecular flexibility index (Phi) is 1.46. The highest BCUT2D eigenvalue weighted by molar-refractivity contribution is 14.1. The zero-order chi connectivity index (χ0) is 6.43. The second kappa shape index (κ2) is 2.07. The van der Waals surface area contributed by atoms with Gasteiger partial charge in [0.05, 0.1) is 0 Å². The fourth-order valence-electron chi connectivity index (χ4n) is 1.74. The summed E-state index contributed by atoms with van der Waals surface area (Å²) in [5, 5.41) is 3.54. The molecule has 2 aliphatic rings. The number of nitrogens with zero attached hydrogens (tertiary/aromatic N) is 1. The van der Waals surface area contributed by atoms with Gasteiger partial charge in [0, 0.05) is 47.5 Å². The third-order valence-corrected chi connectivity index (χ3v) is 3.40. The van der Waals surface area contributed by atoms with Crippen molar-refractivity contribution in [3.8, 4) is 0 Å². The van der Waals surface area contributed by atoms with Crippen LogP contribution in [-0.4, -0.2) is 27.8 Å². The summed E-state index contributed by atoms with van der Waals surface area (Å²) >= 11 is 2.41. The zero-order valence-electron chi connectivity index (χ0n) is 5.47. The van der Waals surface area contributed by atoms with Crippen molar-refractivity contribution in [3.63, 3.8) is 0 Å². The van der Waals surface area contributed by atoms with Crippen LogP contribution in [0.5, 0.6) is 0 Å². The first-order valence-corrected chi connectivity index (χ1v) is 4.42. The highest BCUT2D eigenvalue weighted by Gasteiger charge is 2.43. The summed E-state index contributed by atoms with van der Waals surface area (Å²) in [5.74, 6) is 0. The van der Waals surface area contributed by atoms with Crippen LogP contribution in [-0.2, 0) is 0 Å². The number of fused-ring (bicyclic) bond motifs is 1. The Balaban J connectivity index is 2.00. The van der Waals surface area contributed by atoms with Crippen LogP contribution < -0.4 is 5.32 Å². The maximum absolute atomic E-state index is 3.54. The Labute approximate surface area is 69.5 Å². The summed E-state index contributed by atoms with van der Waals surface area (Å²) in [6, 6.07) is 2.41. The molecular formula is C6H11IN2. The average molecular weight is 238 g/mol. The molecule has 2 heterocycles. The van der Waals surface area contributed by atoms with E-state index in [4.69, 9.17) is 0 Å². The molecule has 0 aromatic rings. The summed E-state index contributed by atoms with van der Waals surface area (Å²) in [4.78, 5) is 0. The van der Waals surface area contributed by atoms with E-state index >= 15 is 0 Å². The molecule has 0 amide bonds. The van der Waals surface area contributed by atoms with E-state index in [1.807, 2.05) is 0 Å². The predicted molar refractivity (Wildman–Crippen MR) is 45.5 cm³/mol. The van der Waals surface area contributed by atoms with Crippen molar-refractivity contribution in [1.82, 2.24) is 8.43 Å². The first kappa shape index (κ1) is 6.37. The van der Waals surface area contributed by atoms with Crippen LogP contribution in [0.1, 0.15) is 13.3 Å². The molecular weight excluding hydrogens is 227 g/mol. The molecule has 3 atom stereocenters. The van der Waals surface area contributed by atoms with Gasteiger partial charge in [-0.15, -0.1) is 0 Å². The number of rotatable bonds is 0. The van der Waals surface area contributed by atoms with Crippen molar-refractivity contribution in [2.24, 2.45) is 0 Å². The third kappa shape index (κ3) is 0.897. The van der Waals surface area contributed by atoms with Crippen LogP contribution in [0.15, 0.2) is 0 Å². The minimum Gasteiger partial charge on any atom is -0.309 e. The van der Waals surface area contributed by atoms with Crippen LogP contribution in [0.2, 0.25) is 0 Å². The van der Waals surface area contributed by atoms with E-state index in [1.54, 1.807) is 0 Å². The molecule has 52 valence electrons. The van der Waals surface area contributed by atoms with Gasteiger partial charge in [0.1, 0.15) is 0 Å². The Morgan fingerprint density at radius 1 is 1.67 bits per heavy atom. The van der Waals surface area contributed by atoms with Crippen LogP contribution in [0.3, 0.4) is 0 Å². The number of nitrogens with one attached hydrogen (secondary N) is 1. The molecule has 0 saturated carbocycles. The van der Waals surface area contributed by atoms with Gasteiger partial charge in [-0.3, -0.25) is 0 Å². The zero-order valence-corrected chi connectivity index (χ0v) is 7.63. The van der Waals surface area contributed by atoms with Crippen LogP contribution in [0.4, 0.5) is 0 Å². The van der Waals surface area contributed by atoms with Gasteiger partial charge in [-0.2, -0.15) is 0 Å². The quantitative estimate of drug-likeness (QED) is 0.495. The maximum Gasteiger partial charge on any atom is 0.0375 e. The van der Waals surface area contributed by atoms with Gasteiger partial charge in [0.2, 0.25) is 0 Å². The lowest BCUT2D eigenvalue weighted by Gasteiger charge is -2.38. The maximum atomic E-state index is 3.54. The molecule has 0 aliphatic carbocycles. The molecule has 1 N–H and O–H groups in total. The van der Waals surface area contributed by atoms with Gasteiger partial charge < -0.3 is 5.32 Å². The summed E-state index contributed by atoms with van der Waals surface area (Å²) in [6.07, 6.45) is 1.34. The number of halogens is 1. The fourth-order valence-corrected chi connectivity index (χ4v) is 2.78. The van der Waals surface area contributed by atoms with Gasteiger partial charge in [-0.25, -0.2) is 3.11 Å². The highest BCUT2D eigenvalue weighted by Crippen LogP contribution is 2.31. The van der Waals surface area contributed by atoms with Crippen molar-refractivity contribution in [1.29, 1.82) is 0 Å². The van der Waals surface area contributed by atoms with Gasteiger partial charge in [0.15, 0.2) is 0 Å². The third-order valence-electron chi connectivity index (χ3n) is 2.29. The Morgan fingerprint density at radius 2 is 2.44 bits per heavy atom. The molecule has 2 nitrogen and oxygen atoms in total. The van der Waals surface area contributed by atoms with E-state index in [1.165, 1.54) is 13.0 Å². The first-order chi connectivity index (χ1) is 4.27. The molecule has 2 saturated heterocycles. The Morgan fingerprint density at radius 3 is 2.89 bits per heavy atom. The standard InChI is InChI=1S/C6H11IN2/c1-4-2-6-5(8-4)3-9(6)7/h4-6,8H,2-3H2,1H3. The van der Waals surface area contributed by atoms with Crippen molar-refractivity contribution >= 4 is 22.9 Å². The minimum absolute atomic E-state index is 0.750. The molecule has 2 aliphatic heterocycles. The van der Waals surface area contributed by atoms with Gasteiger partial charge in [-0.1, -0.05) is 0 Å². The fraction of sp³-hybridized carbons (Fsp3) is 1.00. The van der Waals surface area contributed by atoms with Crippen LogP contribution >= 0.6 is 22.9 Å². The van der Waals surface area contributed by atoms with E-state index in [9.17, 15) is 0 Å². The SMILES string of the molecule is CC1CC2C(CN2I)N1. The molecule has 0 aromatic heterocycles. The molecule has 0 aromatic carbocycles. The Hall–Kier alpha value is 0.650.